The number of hydrogen-bond acceptors (Lipinski definition) is 1. The Balaban J connectivity index is 2.56. The molecule has 2 aromatic rings. The number of hydrogen-bond donors (Lipinski definition) is 0. The van der Waals surface area contributed by atoms with Gasteiger partial charge in [-0.2, -0.15) is 13.2 Å². The second-order valence-corrected chi connectivity index (χ2v) is 4.98. The fraction of sp³-hybridized carbons (Fsp3) is 0.0714. The lowest BCUT2D eigenvalue weighted by Crippen LogP contribution is -2.10. The van der Waals surface area contributed by atoms with E-state index in [0.717, 1.165) is 30.3 Å². The minimum absolute atomic E-state index is 0.0594. The summed E-state index contributed by atoms with van der Waals surface area (Å²) in [6.07, 6.45) is -4.64. The van der Waals surface area contributed by atoms with Crippen molar-refractivity contribution in [3.63, 3.8) is 0 Å². The molecule has 0 fully saturated rings. The van der Waals surface area contributed by atoms with E-state index in [1.54, 1.807) is 0 Å². The lowest BCUT2D eigenvalue weighted by atomic mass is 10.0. The van der Waals surface area contributed by atoms with Crippen LogP contribution in [-0.4, -0.2) is 5.78 Å². The summed E-state index contributed by atoms with van der Waals surface area (Å²) < 4.78 is 64.7. The first-order chi connectivity index (χ1) is 9.71. The molecule has 0 N–H and O–H groups in total. The fourth-order valence-electron chi connectivity index (χ4n) is 1.70. The third kappa shape index (κ3) is 3.12. The number of alkyl halides is 3. The zero-order chi connectivity index (χ0) is 15.8. The third-order valence-electron chi connectivity index (χ3n) is 2.73. The number of benzene rings is 2. The topological polar surface area (TPSA) is 17.1 Å². The van der Waals surface area contributed by atoms with Crippen molar-refractivity contribution in [3.05, 3.63) is 69.2 Å². The van der Waals surface area contributed by atoms with Gasteiger partial charge in [-0.25, -0.2) is 8.78 Å². The highest BCUT2D eigenvalue weighted by Crippen LogP contribution is 2.33. The highest BCUT2D eigenvalue weighted by molar-refractivity contribution is 9.10. The standard InChI is InChI=1S/C14H6BrF5O/c15-10-5-4-7(14(18,19)20)6-9(10)13(21)8-2-1-3-11(16)12(8)17/h1-6H. The monoisotopic (exact) mass is 364 g/mol. The largest absolute Gasteiger partial charge is 0.416 e. The van der Waals surface area contributed by atoms with Crippen molar-refractivity contribution in [1.82, 2.24) is 0 Å². The first-order valence-corrected chi connectivity index (χ1v) is 6.36. The van der Waals surface area contributed by atoms with Crippen molar-refractivity contribution in [2.45, 2.75) is 6.18 Å². The minimum atomic E-state index is -4.64. The van der Waals surface area contributed by atoms with Crippen LogP contribution in [0, 0.1) is 11.6 Å². The van der Waals surface area contributed by atoms with E-state index in [-0.39, 0.29) is 4.47 Å². The summed E-state index contributed by atoms with van der Waals surface area (Å²) >= 11 is 2.93. The number of ketones is 1. The van der Waals surface area contributed by atoms with Crippen molar-refractivity contribution in [3.8, 4) is 0 Å². The lowest BCUT2D eigenvalue weighted by molar-refractivity contribution is -0.137. The summed E-state index contributed by atoms with van der Waals surface area (Å²) in [5.41, 5.74) is -2.07. The second kappa shape index (κ2) is 5.55. The van der Waals surface area contributed by atoms with Gasteiger partial charge in [-0.15, -0.1) is 0 Å². The van der Waals surface area contributed by atoms with Gasteiger partial charge < -0.3 is 0 Å². The maximum Gasteiger partial charge on any atom is 0.416 e. The highest BCUT2D eigenvalue weighted by atomic mass is 79.9. The second-order valence-electron chi connectivity index (χ2n) is 4.12. The predicted octanol–water partition coefficient (Wildman–Crippen LogP) is 4.98. The smallest absolute Gasteiger partial charge is 0.288 e. The highest BCUT2D eigenvalue weighted by Gasteiger charge is 2.32. The molecule has 0 aliphatic rings. The van der Waals surface area contributed by atoms with Gasteiger partial charge in [0.1, 0.15) is 0 Å². The van der Waals surface area contributed by atoms with Crippen LogP contribution in [0.15, 0.2) is 40.9 Å². The van der Waals surface area contributed by atoms with Crippen LogP contribution in [0.4, 0.5) is 22.0 Å². The molecule has 1 nitrogen and oxygen atoms in total. The van der Waals surface area contributed by atoms with Gasteiger partial charge in [-0.05, 0) is 30.3 Å². The Morgan fingerprint density at radius 1 is 1.00 bits per heavy atom. The molecular formula is C14H6BrF5O. The van der Waals surface area contributed by atoms with Crippen LogP contribution in [0.1, 0.15) is 21.5 Å². The van der Waals surface area contributed by atoms with Crippen LogP contribution in [0.5, 0.6) is 0 Å². The average Bonchev–Trinajstić information content (AvgIpc) is 2.40. The van der Waals surface area contributed by atoms with E-state index >= 15 is 0 Å². The van der Waals surface area contributed by atoms with Gasteiger partial charge in [0.25, 0.3) is 0 Å². The third-order valence-corrected chi connectivity index (χ3v) is 3.43. The molecule has 0 aromatic heterocycles. The Labute approximate surface area is 124 Å². The molecule has 0 spiro atoms. The molecule has 0 amide bonds. The van der Waals surface area contributed by atoms with Gasteiger partial charge in [-0.1, -0.05) is 22.0 Å². The summed E-state index contributed by atoms with van der Waals surface area (Å²) in [5.74, 6) is -3.68. The first-order valence-electron chi connectivity index (χ1n) is 5.57. The zero-order valence-electron chi connectivity index (χ0n) is 10.1. The van der Waals surface area contributed by atoms with Crippen molar-refractivity contribution in [2.24, 2.45) is 0 Å². The minimum Gasteiger partial charge on any atom is -0.288 e. The van der Waals surface area contributed by atoms with E-state index in [0.29, 0.717) is 6.07 Å². The van der Waals surface area contributed by atoms with Crippen LogP contribution in [0.3, 0.4) is 0 Å². The normalized spacial score (nSPS) is 11.5. The molecule has 0 aliphatic carbocycles. The van der Waals surface area contributed by atoms with Crippen molar-refractivity contribution in [2.75, 3.05) is 0 Å². The summed E-state index contributed by atoms with van der Waals surface area (Å²) in [6.45, 7) is 0. The van der Waals surface area contributed by atoms with Gasteiger partial charge in [0, 0.05) is 10.0 Å². The van der Waals surface area contributed by atoms with Crippen molar-refractivity contribution < 1.29 is 26.7 Å². The molecule has 0 saturated heterocycles. The first kappa shape index (κ1) is 15.6. The van der Waals surface area contributed by atoms with E-state index in [9.17, 15) is 26.7 Å². The van der Waals surface area contributed by atoms with Gasteiger partial charge in [0.2, 0.25) is 0 Å². The zero-order valence-corrected chi connectivity index (χ0v) is 11.7. The number of rotatable bonds is 2. The molecule has 7 heteroatoms. The Kier molecular flexibility index (Phi) is 4.13. The Hall–Kier alpha value is -1.76. The predicted molar refractivity (Wildman–Crippen MR) is 68.9 cm³/mol. The summed E-state index contributed by atoms with van der Waals surface area (Å²) in [6, 6.07) is 5.33. The van der Waals surface area contributed by atoms with Crippen LogP contribution in [-0.2, 0) is 6.18 Å². The van der Waals surface area contributed by atoms with Crippen LogP contribution < -0.4 is 0 Å². The van der Waals surface area contributed by atoms with E-state index in [4.69, 9.17) is 0 Å². The van der Waals surface area contributed by atoms with Crippen LogP contribution >= 0.6 is 15.9 Å². The van der Waals surface area contributed by atoms with Crippen molar-refractivity contribution >= 4 is 21.7 Å². The summed E-state index contributed by atoms with van der Waals surface area (Å²) in [4.78, 5) is 12.1. The maximum absolute atomic E-state index is 13.6. The van der Waals surface area contributed by atoms with Gasteiger partial charge in [-0.3, -0.25) is 4.79 Å². The number of carbonyl (C=O) groups is 1. The SMILES string of the molecule is O=C(c1cc(C(F)(F)F)ccc1Br)c1cccc(F)c1F. The van der Waals surface area contributed by atoms with Gasteiger partial charge in [0.15, 0.2) is 17.4 Å². The Bertz CT molecular complexity index is 709. The molecule has 0 heterocycles. The van der Waals surface area contributed by atoms with E-state index in [1.807, 2.05) is 0 Å². The molecule has 2 rings (SSSR count). The van der Waals surface area contributed by atoms with Crippen LogP contribution in [0.25, 0.3) is 0 Å². The number of carbonyl (C=O) groups excluding carboxylic acids is 1. The lowest BCUT2D eigenvalue weighted by Gasteiger charge is -2.10. The molecule has 2 aromatic carbocycles. The van der Waals surface area contributed by atoms with Gasteiger partial charge >= 0.3 is 6.18 Å². The summed E-state index contributed by atoms with van der Waals surface area (Å²) in [5, 5.41) is 0. The van der Waals surface area contributed by atoms with E-state index in [1.165, 1.54) is 0 Å². The molecule has 0 aliphatic heterocycles. The molecular weight excluding hydrogens is 359 g/mol. The maximum atomic E-state index is 13.6. The quantitative estimate of drug-likeness (QED) is 0.542. The molecule has 110 valence electrons. The van der Waals surface area contributed by atoms with E-state index < -0.39 is 40.3 Å². The van der Waals surface area contributed by atoms with Gasteiger partial charge in [0.05, 0.1) is 11.1 Å². The van der Waals surface area contributed by atoms with E-state index in [2.05, 4.69) is 15.9 Å². The average molecular weight is 365 g/mol. The summed E-state index contributed by atoms with van der Waals surface area (Å²) in [7, 11) is 0. The molecule has 21 heavy (non-hydrogen) atoms. The Morgan fingerprint density at radius 3 is 2.29 bits per heavy atom. The fourth-order valence-corrected chi connectivity index (χ4v) is 2.13. The Morgan fingerprint density at radius 2 is 1.67 bits per heavy atom. The molecule has 0 atom stereocenters. The molecule has 0 unspecified atom stereocenters. The molecule has 0 bridgehead atoms. The van der Waals surface area contributed by atoms with Crippen LogP contribution in [0.2, 0.25) is 0 Å². The molecule has 0 saturated carbocycles. The van der Waals surface area contributed by atoms with Crippen molar-refractivity contribution in [1.29, 1.82) is 0 Å². The molecule has 0 radical (unpaired) electrons. The number of halogens is 6.